The number of benzene rings is 2. The van der Waals surface area contributed by atoms with Crippen molar-refractivity contribution in [2.24, 2.45) is 5.92 Å². The predicted molar refractivity (Wildman–Crippen MR) is 121 cm³/mol. The average Bonchev–Trinajstić information content (AvgIpc) is 3.45. The number of hydrogen-bond donors (Lipinski definition) is 2. The van der Waals surface area contributed by atoms with Gasteiger partial charge in [0.15, 0.2) is 17.6 Å². The average molecular weight is 447 g/mol. The number of piperidine rings is 1. The van der Waals surface area contributed by atoms with E-state index in [4.69, 9.17) is 9.47 Å². The second kappa shape index (κ2) is 5.91. The topological polar surface area (TPSA) is 57.7 Å². The van der Waals surface area contributed by atoms with E-state index in [9.17, 15) is 9.50 Å². The quantitative estimate of drug-likeness (QED) is 0.638. The van der Waals surface area contributed by atoms with Gasteiger partial charge in [0.05, 0.1) is 23.8 Å². The van der Waals surface area contributed by atoms with Crippen LogP contribution in [0.1, 0.15) is 47.8 Å². The zero-order chi connectivity index (χ0) is 22.1. The first kappa shape index (κ1) is 18.8. The highest BCUT2D eigenvalue weighted by molar-refractivity contribution is 5.86. The minimum atomic E-state index is -0.982. The van der Waals surface area contributed by atoms with Gasteiger partial charge in [-0.2, -0.15) is 0 Å². The minimum absolute atomic E-state index is 0.0245. The van der Waals surface area contributed by atoms with E-state index in [-0.39, 0.29) is 18.0 Å². The molecule has 1 spiro atoms. The molecule has 0 amide bonds. The van der Waals surface area contributed by atoms with Crippen molar-refractivity contribution >= 4 is 10.9 Å². The molecule has 2 fully saturated rings. The number of halogens is 1. The van der Waals surface area contributed by atoms with Crippen LogP contribution in [0.2, 0.25) is 0 Å². The molecule has 5 nitrogen and oxygen atoms in total. The number of nitrogens with one attached hydrogen (secondary N) is 1. The highest BCUT2D eigenvalue weighted by Crippen LogP contribution is 2.69. The van der Waals surface area contributed by atoms with Gasteiger partial charge < -0.3 is 19.6 Å². The summed E-state index contributed by atoms with van der Waals surface area (Å²) < 4.78 is 26.7. The second-order valence-corrected chi connectivity index (χ2v) is 10.8. The zero-order valence-electron chi connectivity index (χ0n) is 18.7. The first-order valence-electron chi connectivity index (χ1n) is 12.2. The number of aliphatic hydroxyl groups is 1. The molecule has 4 atom stereocenters. The summed E-state index contributed by atoms with van der Waals surface area (Å²) in [7, 11) is 1.68. The number of nitrogens with zero attached hydrogens (tertiary/aromatic N) is 1. The van der Waals surface area contributed by atoms with Gasteiger partial charge in [0.2, 0.25) is 0 Å². The number of likely N-dealkylation sites (tertiary alicyclic amines) is 1. The van der Waals surface area contributed by atoms with E-state index in [1.165, 1.54) is 24.5 Å². The fourth-order valence-corrected chi connectivity index (χ4v) is 7.74. The molecular formula is C27H27FN2O3. The Labute approximate surface area is 191 Å². The molecule has 2 aromatic carbocycles. The maximum Gasteiger partial charge on any atom is 0.166 e. The minimum Gasteiger partial charge on any atom is -0.493 e. The van der Waals surface area contributed by atoms with Crippen LogP contribution < -0.4 is 9.47 Å². The molecule has 0 radical (unpaired) electrons. The largest absolute Gasteiger partial charge is 0.493 e. The number of ether oxygens (including phenoxy) is 2. The molecule has 6 heteroatoms. The Kier molecular flexibility index (Phi) is 3.37. The number of aromatic amines is 1. The van der Waals surface area contributed by atoms with Crippen molar-refractivity contribution in [3.8, 4) is 11.5 Å². The zero-order valence-corrected chi connectivity index (χ0v) is 18.7. The highest BCUT2D eigenvalue weighted by atomic mass is 19.1. The summed E-state index contributed by atoms with van der Waals surface area (Å²) >= 11 is 0. The number of rotatable bonds is 3. The van der Waals surface area contributed by atoms with E-state index in [2.05, 4.69) is 16.0 Å². The third kappa shape index (κ3) is 2.11. The standard InChI is InChI=1S/C27H27FN2O3/c1-32-20-7-4-15-10-21-27(31)12-18-17-11-16(28)5-6-19(17)29-23(18)25-26(27,22(15)24(20)33-25)8-9-30(21)13-14-2-3-14/h4-7,11,14,21,25,29,31H,2-3,8-10,12-13H2,1H3/t21-,25+,26-,27+/m0/s1. The van der Waals surface area contributed by atoms with Crippen molar-refractivity contribution in [1.29, 1.82) is 0 Å². The summed E-state index contributed by atoms with van der Waals surface area (Å²) in [6, 6.07) is 9.10. The summed E-state index contributed by atoms with van der Waals surface area (Å²) in [6.45, 7) is 2.02. The molecule has 8 rings (SSSR count). The van der Waals surface area contributed by atoms with Crippen molar-refractivity contribution in [2.45, 2.75) is 55.3 Å². The SMILES string of the molecule is COc1ccc2c3c1O[C@@H]1c4[nH]c5ccc(F)cc5c4C[C@@]4(O)[C@H](C2)N(CC2CC2)CC[C@]314. The molecule has 2 aliphatic heterocycles. The number of aromatic nitrogens is 1. The van der Waals surface area contributed by atoms with Gasteiger partial charge >= 0.3 is 0 Å². The number of fused-ring (bicyclic) bond motifs is 4. The van der Waals surface area contributed by atoms with Gasteiger partial charge in [-0.05, 0) is 73.5 Å². The first-order valence-corrected chi connectivity index (χ1v) is 12.2. The lowest BCUT2D eigenvalue weighted by Gasteiger charge is -2.62. The van der Waals surface area contributed by atoms with E-state index in [0.717, 1.165) is 71.1 Å². The van der Waals surface area contributed by atoms with Gasteiger partial charge in [0.1, 0.15) is 5.82 Å². The van der Waals surface area contributed by atoms with Gasteiger partial charge in [-0.1, -0.05) is 6.07 Å². The van der Waals surface area contributed by atoms with Crippen LogP contribution in [0.4, 0.5) is 4.39 Å². The van der Waals surface area contributed by atoms with Crippen LogP contribution in [-0.4, -0.2) is 46.8 Å². The molecule has 3 heterocycles. The van der Waals surface area contributed by atoms with E-state index < -0.39 is 11.0 Å². The number of methoxy groups -OCH3 is 1. The van der Waals surface area contributed by atoms with Crippen LogP contribution >= 0.6 is 0 Å². The van der Waals surface area contributed by atoms with Gasteiger partial charge in [0, 0.05) is 35.5 Å². The Bertz CT molecular complexity index is 1350. The molecule has 5 aliphatic rings. The van der Waals surface area contributed by atoms with Crippen LogP contribution in [0.25, 0.3) is 10.9 Å². The Morgan fingerprint density at radius 1 is 1.27 bits per heavy atom. The molecule has 33 heavy (non-hydrogen) atoms. The third-order valence-corrected chi connectivity index (χ3v) is 9.33. The highest BCUT2D eigenvalue weighted by Gasteiger charge is 2.72. The van der Waals surface area contributed by atoms with Crippen LogP contribution in [0.5, 0.6) is 11.5 Å². The maximum atomic E-state index is 14.3. The van der Waals surface area contributed by atoms with Crippen molar-refractivity contribution in [3.05, 3.63) is 58.5 Å². The maximum absolute atomic E-state index is 14.3. The van der Waals surface area contributed by atoms with Crippen molar-refractivity contribution in [2.75, 3.05) is 20.2 Å². The van der Waals surface area contributed by atoms with Crippen LogP contribution in [0, 0.1) is 11.7 Å². The van der Waals surface area contributed by atoms with Crippen LogP contribution in [0.15, 0.2) is 30.3 Å². The second-order valence-electron chi connectivity index (χ2n) is 10.8. The monoisotopic (exact) mass is 446 g/mol. The lowest BCUT2D eigenvalue weighted by Crippen LogP contribution is -2.74. The predicted octanol–water partition coefficient (Wildman–Crippen LogP) is 4.01. The normalized spacial score (nSPS) is 33.5. The van der Waals surface area contributed by atoms with Gasteiger partial charge in [-0.25, -0.2) is 4.39 Å². The van der Waals surface area contributed by atoms with Crippen LogP contribution in [-0.2, 0) is 18.3 Å². The van der Waals surface area contributed by atoms with Crippen LogP contribution in [0.3, 0.4) is 0 Å². The first-order chi connectivity index (χ1) is 16.0. The number of hydrogen-bond acceptors (Lipinski definition) is 4. The van der Waals surface area contributed by atoms with Gasteiger partial charge in [-0.15, -0.1) is 0 Å². The molecular weight excluding hydrogens is 419 g/mol. The summed E-state index contributed by atoms with van der Waals surface area (Å²) in [5.41, 5.74) is 3.80. The van der Waals surface area contributed by atoms with Gasteiger partial charge in [0.25, 0.3) is 0 Å². The Hall–Kier alpha value is -2.57. The molecule has 3 aromatic rings. The summed E-state index contributed by atoms with van der Waals surface area (Å²) in [5.74, 6) is 2.01. The fourth-order valence-electron chi connectivity index (χ4n) is 7.74. The molecule has 1 saturated carbocycles. The van der Waals surface area contributed by atoms with Gasteiger partial charge in [-0.3, -0.25) is 4.90 Å². The van der Waals surface area contributed by atoms with E-state index >= 15 is 0 Å². The molecule has 2 N–H and O–H groups in total. The molecule has 0 unspecified atom stereocenters. The van der Waals surface area contributed by atoms with E-state index in [1.807, 2.05) is 6.07 Å². The molecule has 170 valence electrons. The Balaban J connectivity index is 1.42. The third-order valence-electron chi connectivity index (χ3n) is 9.33. The number of H-pyrrole nitrogens is 1. The summed E-state index contributed by atoms with van der Waals surface area (Å²) in [4.78, 5) is 6.11. The summed E-state index contributed by atoms with van der Waals surface area (Å²) in [6.07, 6.45) is 4.41. The van der Waals surface area contributed by atoms with Crippen molar-refractivity contribution in [1.82, 2.24) is 9.88 Å². The fraction of sp³-hybridized carbons (Fsp3) is 0.481. The lowest BCUT2D eigenvalue weighted by atomic mass is 9.49. The smallest absolute Gasteiger partial charge is 0.166 e. The lowest BCUT2D eigenvalue weighted by molar-refractivity contribution is -0.173. The molecule has 1 saturated heterocycles. The summed E-state index contributed by atoms with van der Waals surface area (Å²) in [5, 5.41) is 13.7. The van der Waals surface area contributed by atoms with Crippen molar-refractivity contribution in [3.63, 3.8) is 0 Å². The molecule has 3 aliphatic carbocycles. The molecule has 2 bridgehead atoms. The van der Waals surface area contributed by atoms with E-state index in [0.29, 0.717) is 6.42 Å². The van der Waals surface area contributed by atoms with Crippen molar-refractivity contribution < 1.29 is 19.0 Å². The Morgan fingerprint density at radius 2 is 2.15 bits per heavy atom. The Morgan fingerprint density at radius 3 is 2.97 bits per heavy atom. The van der Waals surface area contributed by atoms with E-state index in [1.54, 1.807) is 19.2 Å². The molecule has 1 aromatic heterocycles.